The van der Waals surface area contributed by atoms with E-state index in [-0.39, 0.29) is 22.8 Å². The first kappa shape index (κ1) is 21.8. The summed E-state index contributed by atoms with van der Waals surface area (Å²) in [7, 11) is 5.30. The number of fused-ring (bicyclic) bond motifs is 2. The Morgan fingerprint density at radius 3 is 2.55 bits per heavy atom. The van der Waals surface area contributed by atoms with Crippen LogP contribution >= 0.6 is 0 Å². The van der Waals surface area contributed by atoms with Crippen LogP contribution in [0.15, 0.2) is 36.4 Å². The molecule has 0 aliphatic carbocycles. The van der Waals surface area contributed by atoms with Crippen LogP contribution in [-0.4, -0.2) is 69.4 Å². The first-order valence-electron chi connectivity index (χ1n) is 10.8. The Labute approximate surface area is 190 Å². The first-order valence-corrected chi connectivity index (χ1v) is 10.8. The monoisotopic (exact) mass is 460 g/mol. The number of likely N-dealkylation sites (N-methyl/N-ethyl adjacent to an activating group) is 1. The molecule has 2 saturated heterocycles. The average molecular weight is 460 g/mol. The van der Waals surface area contributed by atoms with Gasteiger partial charge in [-0.3, -0.25) is 4.79 Å². The van der Waals surface area contributed by atoms with Gasteiger partial charge in [-0.1, -0.05) is 6.07 Å². The minimum Gasteiger partial charge on any atom is -0.493 e. The maximum atomic E-state index is 13.4. The van der Waals surface area contributed by atoms with Crippen molar-refractivity contribution in [3.05, 3.63) is 47.5 Å². The van der Waals surface area contributed by atoms with Crippen LogP contribution in [0.4, 0.5) is 8.78 Å². The number of nitrogens with zero attached hydrogens (tertiary/aromatic N) is 2. The number of piperidine rings is 1. The fraction of sp³-hybridized carbons (Fsp3) is 0.458. The predicted octanol–water partition coefficient (Wildman–Crippen LogP) is 3.37. The summed E-state index contributed by atoms with van der Waals surface area (Å²) in [5.41, 5.74) is 1.12. The van der Waals surface area contributed by atoms with Crippen molar-refractivity contribution in [2.45, 2.75) is 18.1 Å². The number of halogens is 2. The average Bonchev–Trinajstić information content (AvgIpc) is 3.31. The number of benzene rings is 2. The van der Waals surface area contributed by atoms with Crippen LogP contribution < -0.4 is 18.9 Å². The Balaban J connectivity index is 1.46. The van der Waals surface area contributed by atoms with Gasteiger partial charge < -0.3 is 28.7 Å². The van der Waals surface area contributed by atoms with E-state index in [1.54, 1.807) is 14.2 Å². The van der Waals surface area contributed by atoms with Crippen molar-refractivity contribution in [2.75, 3.05) is 47.4 Å². The van der Waals surface area contributed by atoms with Crippen LogP contribution in [0.3, 0.4) is 0 Å². The Bertz CT molecular complexity index is 1090. The Hall–Kier alpha value is -3.07. The van der Waals surface area contributed by atoms with E-state index in [4.69, 9.17) is 9.47 Å². The Morgan fingerprint density at radius 1 is 1.03 bits per heavy atom. The normalized spacial score (nSPS) is 25.6. The molecule has 2 atom stereocenters. The quantitative estimate of drug-likeness (QED) is 0.698. The largest absolute Gasteiger partial charge is 0.586 e. The molecule has 0 spiro atoms. The molecule has 0 unspecified atom stereocenters. The van der Waals surface area contributed by atoms with Gasteiger partial charge in [0, 0.05) is 37.2 Å². The summed E-state index contributed by atoms with van der Waals surface area (Å²) in [6.45, 7) is 2.84. The lowest BCUT2D eigenvalue weighted by atomic mass is 9.68. The molecule has 33 heavy (non-hydrogen) atoms. The van der Waals surface area contributed by atoms with Gasteiger partial charge in [-0.15, -0.1) is 8.78 Å². The second-order valence-corrected chi connectivity index (χ2v) is 8.96. The standard InChI is InChI=1S/C24H26F2N2O5/c1-27-12-17-8-9-28(22(29)15-4-6-19-21(10-15)33-24(25,26)32-19)14-23(17,13-27)16-5-7-18(30-2)20(11-16)31-3/h4-7,10-11,17H,8-9,12-14H2,1-3H3/t17-,23-/m1/s1. The van der Waals surface area contributed by atoms with E-state index in [0.717, 1.165) is 25.1 Å². The molecule has 7 nitrogen and oxygen atoms in total. The van der Waals surface area contributed by atoms with Gasteiger partial charge in [-0.05, 0) is 55.3 Å². The highest BCUT2D eigenvalue weighted by Gasteiger charge is 2.51. The number of rotatable bonds is 4. The second kappa shape index (κ2) is 7.76. The molecule has 0 radical (unpaired) electrons. The zero-order chi connectivity index (χ0) is 23.4. The molecular weight excluding hydrogens is 434 g/mol. The van der Waals surface area contributed by atoms with Crippen molar-refractivity contribution in [2.24, 2.45) is 5.92 Å². The number of carbonyl (C=O) groups excluding carboxylic acids is 1. The minimum absolute atomic E-state index is 0.0746. The Morgan fingerprint density at radius 2 is 1.79 bits per heavy atom. The second-order valence-electron chi connectivity index (χ2n) is 8.96. The van der Waals surface area contributed by atoms with Gasteiger partial charge in [-0.2, -0.15) is 0 Å². The smallest absolute Gasteiger partial charge is 0.493 e. The molecule has 0 saturated carbocycles. The molecule has 0 aromatic heterocycles. The van der Waals surface area contributed by atoms with E-state index < -0.39 is 6.29 Å². The van der Waals surface area contributed by atoms with Crippen LogP contribution in [0, 0.1) is 5.92 Å². The molecule has 2 aromatic carbocycles. The lowest BCUT2D eigenvalue weighted by Crippen LogP contribution is -2.53. The van der Waals surface area contributed by atoms with Gasteiger partial charge in [0.2, 0.25) is 0 Å². The highest BCUT2D eigenvalue weighted by molar-refractivity contribution is 5.95. The van der Waals surface area contributed by atoms with Crippen molar-refractivity contribution in [1.82, 2.24) is 9.80 Å². The number of likely N-dealkylation sites (tertiary alicyclic amines) is 2. The molecule has 3 aliphatic rings. The summed E-state index contributed by atoms with van der Waals surface area (Å²) in [5, 5.41) is 0. The fourth-order valence-corrected chi connectivity index (χ4v) is 5.51. The molecule has 5 rings (SSSR count). The third-order valence-corrected chi connectivity index (χ3v) is 6.98. The van der Waals surface area contributed by atoms with Gasteiger partial charge in [0.25, 0.3) is 5.91 Å². The molecule has 2 fully saturated rings. The lowest BCUT2D eigenvalue weighted by Gasteiger charge is -2.45. The van der Waals surface area contributed by atoms with Gasteiger partial charge in [-0.25, -0.2) is 0 Å². The maximum absolute atomic E-state index is 13.4. The molecule has 3 aliphatic heterocycles. The number of hydrogen-bond donors (Lipinski definition) is 0. The number of alkyl halides is 2. The molecule has 0 N–H and O–H groups in total. The van der Waals surface area contributed by atoms with E-state index in [1.165, 1.54) is 18.2 Å². The van der Waals surface area contributed by atoms with Crippen LogP contribution in [0.5, 0.6) is 23.0 Å². The van der Waals surface area contributed by atoms with Gasteiger partial charge in [0.15, 0.2) is 23.0 Å². The topological polar surface area (TPSA) is 60.5 Å². The first-order chi connectivity index (χ1) is 15.7. The van der Waals surface area contributed by atoms with Crippen molar-refractivity contribution < 1.29 is 32.5 Å². The van der Waals surface area contributed by atoms with Crippen LogP contribution in [0.2, 0.25) is 0 Å². The molecule has 176 valence electrons. The summed E-state index contributed by atoms with van der Waals surface area (Å²) in [5.74, 6) is 1.26. The number of methoxy groups -OCH3 is 2. The van der Waals surface area contributed by atoms with Crippen LogP contribution in [0.1, 0.15) is 22.3 Å². The zero-order valence-electron chi connectivity index (χ0n) is 18.8. The van der Waals surface area contributed by atoms with Crippen molar-refractivity contribution in [1.29, 1.82) is 0 Å². The van der Waals surface area contributed by atoms with Crippen LogP contribution in [0.25, 0.3) is 0 Å². The van der Waals surface area contributed by atoms with E-state index in [2.05, 4.69) is 21.4 Å². The molecule has 9 heteroatoms. The fourth-order valence-electron chi connectivity index (χ4n) is 5.51. The van der Waals surface area contributed by atoms with Gasteiger partial charge >= 0.3 is 6.29 Å². The number of hydrogen-bond acceptors (Lipinski definition) is 6. The summed E-state index contributed by atoms with van der Waals surface area (Å²) < 4.78 is 46.7. The Kier molecular flexibility index (Phi) is 5.12. The molecule has 0 bridgehead atoms. The van der Waals surface area contributed by atoms with E-state index in [1.807, 2.05) is 23.1 Å². The SMILES string of the molecule is COc1ccc([C@]23CN(C)C[C@H]2CCN(C(=O)c2ccc4c(c2)OC(F)(F)O4)C3)cc1OC. The molecule has 2 aromatic rings. The van der Waals surface area contributed by atoms with Crippen molar-refractivity contribution in [3.63, 3.8) is 0 Å². The lowest BCUT2D eigenvalue weighted by molar-refractivity contribution is -0.286. The number of amides is 1. The van der Waals surface area contributed by atoms with Crippen molar-refractivity contribution in [3.8, 4) is 23.0 Å². The minimum atomic E-state index is -3.71. The molecule has 3 heterocycles. The predicted molar refractivity (Wildman–Crippen MR) is 115 cm³/mol. The van der Waals surface area contributed by atoms with Gasteiger partial charge in [0.05, 0.1) is 14.2 Å². The van der Waals surface area contributed by atoms with Crippen LogP contribution in [-0.2, 0) is 5.41 Å². The van der Waals surface area contributed by atoms with Gasteiger partial charge in [0.1, 0.15) is 0 Å². The molecule has 1 amide bonds. The molecular formula is C24H26F2N2O5. The number of carbonyl (C=O) groups is 1. The highest BCUT2D eigenvalue weighted by atomic mass is 19.3. The third kappa shape index (κ3) is 3.64. The van der Waals surface area contributed by atoms with E-state index in [0.29, 0.717) is 36.1 Å². The number of ether oxygens (including phenoxy) is 4. The summed E-state index contributed by atoms with van der Waals surface area (Å²) in [4.78, 5) is 17.5. The summed E-state index contributed by atoms with van der Waals surface area (Å²) >= 11 is 0. The highest BCUT2D eigenvalue weighted by Crippen LogP contribution is 2.47. The zero-order valence-corrected chi connectivity index (χ0v) is 18.8. The summed E-state index contributed by atoms with van der Waals surface area (Å²) in [6, 6.07) is 10.1. The third-order valence-electron chi connectivity index (χ3n) is 6.98. The van der Waals surface area contributed by atoms with E-state index >= 15 is 0 Å². The summed E-state index contributed by atoms with van der Waals surface area (Å²) in [6.07, 6.45) is -2.87. The maximum Gasteiger partial charge on any atom is 0.586 e. The van der Waals surface area contributed by atoms with Crippen molar-refractivity contribution >= 4 is 5.91 Å². The van der Waals surface area contributed by atoms with E-state index in [9.17, 15) is 13.6 Å².